The minimum Gasteiger partial charge on any atom is -0.326 e. The van der Waals surface area contributed by atoms with Crippen molar-refractivity contribution >= 4 is 10.0 Å². The maximum absolute atomic E-state index is 12.2. The van der Waals surface area contributed by atoms with Crippen molar-refractivity contribution in [3.8, 4) is 0 Å². The SMILES string of the molecule is CC(C)CCN(C)S(=O)(=O)c1[nH]ncc1CN. The van der Waals surface area contributed by atoms with Gasteiger partial charge in [0.25, 0.3) is 10.0 Å². The minimum atomic E-state index is -3.50. The fourth-order valence-electron chi connectivity index (χ4n) is 1.38. The molecule has 0 saturated carbocycles. The Morgan fingerprint density at radius 1 is 1.53 bits per heavy atom. The van der Waals surface area contributed by atoms with Gasteiger partial charge in [-0.25, -0.2) is 8.42 Å². The lowest BCUT2D eigenvalue weighted by molar-refractivity contribution is 0.425. The molecule has 0 spiro atoms. The van der Waals surface area contributed by atoms with Crippen LogP contribution >= 0.6 is 0 Å². The molecule has 0 bridgehead atoms. The molecular formula is C10H20N4O2S. The Bertz CT molecular complexity index is 453. The predicted molar refractivity (Wildman–Crippen MR) is 65.7 cm³/mol. The molecule has 7 heteroatoms. The summed E-state index contributed by atoms with van der Waals surface area (Å²) < 4.78 is 25.7. The molecule has 0 fully saturated rings. The average molecular weight is 260 g/mol. The van der Waals surface area contributed by atoms with Gasteiger partial charge in [0.15, 0.2) is 5.03 Å². The molecule has 0 aliphatic rings. The second-order valence-corrected chi connectivity index (χ2v) is 6.42. The molecule has 0 atom stereocenters. The van der Waals surface area contributed by atoms with Gasteiger partial charge in [0.05, 0.1) is 6.20 Å². The summed E-state index contributed by atoms with van der Waals surface area (Å²) in [5.41, 5.74) is 5.99. The van der Waals surface area contributed by atoms with Crippen molar-refractivity contribution in [1.82, 2.24) is 14.5 Å². The number of hydrogen-bond acceptors (Lipinski definition) is 4. The minimum absolute atomic E-state index is 0.103. The first kappa shape index (κ1) is 14.1. The molecule has 0 aliphatic heterocycles. The number of aromatic nitrogens is 2. The second kappa shape index (κ2) is 5.61. The molecule has 0 aromatic carbocycles. The molecule has 98 valence electrons. The Morgan fingerprint density at radius 3 is 2.71 bits per heavy atom. The number of hydrogen-bond donors (Lipinski definition) is 2. The van der Waals surface area contributed by atoms with Crippen molar-refractivity contribution in [2.24, 2.45) is 11.7 Å². The molecular weight excluding hydrogens is 240 g/mol. The molecule has 0 radical (unpaired) electrons. The lowest BCUT2D eigenvalue weighted by Crippen LogP contribution is -2.29. The first-order valence-electron chi connectivity index (χ1n) is 5.58. The van der Waals surface area contributed by atoms with Crippen molar-refractivity contribution in [3.05, 3.63) is 11.8 Å². The molecule has 17 heavy (non-hydrogen) atoms. The quantitative estimate of drug-likeness (QED) is 0.780. The molecule has 1 aromatic rings. The van der Waals surface area contributed by atoms with Gasteiger partial charge in [-0.15, -0.1) is 0 Å². The summed E-state index contributed by atoms with van der Waals surface area (Å²) in [6.07, 6.45) is 2.27. The highest BCUT2D eigenvalue weighted by Gasteiger charge is 2.25. The molecule has 0 aliphatic carbocycles. The van der Waals surface area contributed by atoms with Crippen LogP contribution in [-0.4, -0.2) is 36.5 Å². The fourth-order valence-corrected chi connectivity index (χ4v) is 2.68. The van der Waals surface area contributed by atoms with E-state index in [0.717, 1.165) is 6.42 Å². The monoisotopic (exact) mass is 260 g/mol. The number of nitrogens with one attached hydrogen (secondary N) is 1. The second-order valence-electron chi connectivity index (χ2n) is 4.44. The first-order chi connectivity index (χ1) is 7.89. The van der Waals surface area contributed by atoms with Gasteiger partial charge < -0.3 is 5.73 Å². The van der Waals surface area contributed by atoms with Crippen LogP contribution < -0.4 is 5.73 Å². The number of H-pyrrole nitrogens is 1. The number of nitrogens with two attached hydrogens (primary N) is 1. The van der Waals surface area contributed by atoms with Gasteiger partial charge in [-0.05, 0) is 12.3 Å². The zero-order valence-electron chi connectivity index (χ0n) is 10.5. The molecule has 1 rings (SSSR count). The van der Waals surface area contributed by atoms with Crippen molar-refractivity contribution in [3.63, 3.8) is 0 Å². The number of aromatic amines is 1. The summed E-state index contributed by atoms with van der Waals surface area (Å²) in [6, 6.07) is 0. The zero-order valence-corrected chi connectivity index (χ0v) is 11.3. The van der Waals surface area contributed by atoms with E-state index in [4.69, 9.17) is 5.73 Å². The van der Waals surface area contributed by atoms with Crippen LogP contribution in [0.5, 0.6) is 0 Å². The maximum atomic E-state index is 12.2. The van der Waals surface area contributed by atoms with Crippen molar-refractivity contribution in [2.75, 3.05) is 13.6 Å². The van der Waals surface area contributed by atoms with Gasteiger partial charge in [-0.2, -0.15) is 9.40 Å². The molecule has 0 unspecified atom stereocenters. The lowest BCUT2D eigenvalue weighted by atomic mass is 10.1. The predicted octanol–water partition coefficient (Wildman–Crippen LogP) is 0.535. The number of sulfonamides is 1. The molecule has 6 nitrogen and oxygen atoms in total. The average Bonchev–Trinajstić information content (AvgIpc) is 2.74. The zero-order chi connectivity index (χ0) is 13.1. The van der Waals surface area contributed by atoms with Crippen LogP contribution in [0.25, 0.3) is 0 Å². The van der Waals surface area contributed by atoms with Crippen LogP contribution in [0.3, 0.4) is 0 Å². The topological polar surface area (TPSA) is 92.1 Å². The van der Waals surface area contributed by atoms with Gasteiger partial charge in [0, 0.05) is 25.7 Å². The van der Waals surface area contributed by atoms with E-state index in [2.05, 4.69) is 24.0 Å². The third-order valence-corrected chi connectivity index (χ3v) is 4.46. The van der Waals surface area contributed by atoms with Gasteiger partial charge in [-0.3, -0.25) is 5.10 Å². The third kappa shape index (κ3) is 3.27. The van der Waals surface area contributed by atoms with Crippen molar-refractivity contribution in [2.45, 2.75) is 31.8 Å². The highest BCUT2D eigenvalue weighted by molar-refractivity contribution is 7.89. The van der Waals surface area contributed by atoms with E-state index >= 15 is 0 Å². The summed E-state index contributed by atoms with van der Waals surface area (Å²) in [7, 11) is -1.93. The Hall–Kier alpha value is -0.920. The Morgan fingerprint density at radius 2 is 2.18 bits per heavy atom. The van der Waals surface area contributed by atoms with E-state index in [1.165, 1.54) is 10.5 Å². The van der Waals surface area contributed by atoms with Crippen LogP contribution in [0, 0.1) is 5.92 Å². The maximum Gasteiger partial charge on any atom is 0.260 e. The van der Waals surface area contributed by atoms with E-state index < -0.39 is 10.0 Å². The van der Waals surface area contributed by atoms with E-state index in [-0.39, 0.29) is 11.6 Å². The Kier molecular flexibility index (Phi) is 4.67. The number of rotatable bonds is 6. The standard InChI is InChI=1S/C10H20N4O2S/c1-8(2)4-5-14(3)17(15,16)10-9(6-11)7-12-13-10/h7-8H,4-6,11H2,1-3H3,(H,12,13). The highest BCUT2D eigenvalue weighted by atomic mass is 32.2. The molecule has 1 heterocycles. The first-order valence-corrected chi connectivity index (χ1v) is 7.02. The molecule has 3 N–H and O–H groups in total. The molecule has 1 aromatic heterocycles. The summed E-state index contributed by atoms with van der Waals surface area (Å²) in [4.78, 5) is 0. The van der Waals surface area contributed by atoms with Crippen LogP contribution in [0.1, 0.15) is 25.8 Å². The smallest absolute Gasteiger partial charge is 0.260 e. The third-order valence-electron chi connectivity index (χ3n) is 2.59. The van der Waals surface area contributed by atoms with Crippen LogP contribution in [-0.2, 0) is 16.6 Å². The van der Waals surface area contributed by atoms with Gasteiger partial charge in [-0.1, -0.05) is 13.8 Å². The van der Waals surface area contributed by atoms with Crippen LogP contribution in [0.2, 0.25) is 0 Å². The fraction of sp³-hybridized carbons (Fsp3) is 0.700. The van der Waals surface area contributed by atoms with Crippen LogP contribution in [0.4, 0.5) is 0 Å². The summed E-state index contributed by atoms with van der Waals surface area (Å²) in [6.45, 7) is 4.76. The van der Waals surface area contributed by atoms with Crippen molar-refractivity contribution < 1.29 is 8.42 Å². The van der Waals surface area contributed by atoms with Gasteiger partial charge >= 0.3 is 0 Å². The Balaban J connectivity index is 2.88. The van der Waals surface area contributed by atoms with E-state index in [9.17, 15) is 8.42 Å². The van der Waals surface area contributed by atoms with E-state index in [1.54, 1.807) is 7.05 Å². The van der Waals surface area contributed by atoms with E-state index in [1.807, 2.05) is 0 Å². The van der Waals surface area contributed by atoms with Gasteiger partial charge in [0.2, 0.25) is 0 Å². The van der Waals surface area contributed by atoms with Gasteiger partial charge in [0.1, 0.15) is 0 Å². The summed E-state index contributed by atoms with van der Waals surface area (Å²) >= 11 is 0. The number of nitrogens with zero attached hydrogens (tertiary/aromatic N) is 2. The highest BCUT2D eigenvalue weighted by Crippen LogP contribution is 2.16. The largest absolute Gasteiger partial charge is 0.326 e. The molecule has 0 amide bonds. The lowest BCUT2D eigenvalue weighted by Gasteiger charge is -2.17. The summed E-state index contributed by atoms with van der Waals surface area (Å²) in [5, 5.41) is 6.33. The van der Waals surface area contributed by atoms with E-state index in [0.29, 0.717) is 18.0 Å². The summed E-state index contributed by atoms with van der Waals surface area (Å²) in [5.74, 6) is 0.461. The van der Waals surface area contributed by atoms with Crippen LogP contribution in [0.15, 0.2) is 11.2 Å². The molecule has 0 saturated heterocycles. The van der Waals surface area contributed by atoms with Crippen molar-refractivity contribution in [1.29, 1.82) is 0 Å². The normalized spacial score (nSPS) is 12.6. The Labute approximate surface area is 102 Å².